The molecule has 120 valence electrons. The topological polar surface area (TPSA) is 60.4 Å². The Labute approximate surface area is 148 Å². The zero-order valence-corrected chi connectivity index (χ0v) is 14.3. The Kier molecular flexibility index (Phi) is 4.51. The molecular weight excluding hydrogens is 342 g/mol. The van der Waals surface area contributed by atoms with Crippen LogP contribution in [-0.2, 0) is 4.79 Å². The number of aryl methyl sites for hydroxylation is 1. The molecule has 0 aliphatic carbocycles. The molecule has 1 heterocycles. The maximum atomic E-state index is 12.6. The van der Waals surface area contributed by atoms with Crippen LogP contribution >= 0.6 is 24.0 Å². The van der Waals surface area contributed by atoms with Gasteiger partial charge in [0.05, 0.1) is 16.6 Å². The van der Waals surface area contributed by atoms with Crippen molar-refractivity contribution >= 4 is 51.9 Å². The van der Waals surface area contributed by atoms with Gasteiger partial charge in [-0.2, -0.15) is 0 Å². The van der Waals surface area contributed by atoms with Crippen LogP contribution in [0.2, 0.25) is 0 Å². The zero-order valence-electron chi connectivity index (χ0n) is 12.7. The quantitative estimate of drug-likeness (QED) is 0.627. The van der Waals surface area contributed by atoms with Gasteiger partial charge in [0.15, 0.2) is 4.32 Å². The third-order valence-corrected chi connectivity index (χ3v) is 4.83. The average Bonchev–Trinajstić information content (AvgIpc) is 2.83. The van der Waals surface area contributed by atoms with E-state index in [0.29, 0.717) is 9.23 Å². The average molecular weight is 354 g/mol. The van der Waals surface area contributed by atoms with Gasteiger partial charge in [-0.05, 0) is 36.3 Å². The van der Waals surface area contributed by atoms with Gasteiger partial charge < -0.3 is 9.90 Å². The summed E-state index contributed by atoms with van der Waals surface area (Å²) in [5.74, 6) is -1.41. The highest BCUT2D eigenvalue weighted by Gasteiger charge is 2.33. The van der Waals surface area contributed by atoms with Crippen molar-refractivity contribution in [3.05, 3.63) is 70.1 Å². The number of hydrogen-bond acceptors (Lipinski definition) is 5. The van der Waals surface area contributed by atoms with Gasteiger partial charge >= 0.3 is 0 Å². The summed E-state index contributed by atoms with van der Waals surface area (Å²) < 4.78 is 0.474. The molecule has 0 radical (unpaired) electrons. The van der Waals surface area contributed by atoms with Crippen molar-refractivity contribution in [2.75, 3.05) is 4.90 Å². The summed E-state index contributed by atoms with van der Waals surface area (Å²) >= 11 is 6.55. The number of rotatable bonds is 3. The molecule has 1 saturated heterocycles. The van der Waals surface area contributed by atoms with Gasteiger partial charge in [0.25, 0.3) is 5.91 Å². The van der Waals surface area contributed by atoms with Crippen molar-refractivity contribution in [1.82, 2.24) is 0 Å². The van der Waals surface area contributed by atoms with Crippen molar-refractivity contribution in [1.29, 1.82) is 0 Å². The number of carbonyl (C=O) groups excluding carboxylic acids is 2. The lowest BCUT2D eigenvalue weighted by molar-refractivity contribution is -0.255. The molecule has 2 aromatic rings. The van der Waals surface area contributed by atoms with Crippen molar-refractivity contribution in [3.8, 4) is 0 Å². The van der Waals surface area contributed by atoms with Crippen LogP contribution in [0.1, 0.15) is 21.5 Å². The second kappa shape index (κ2) is 6.59. The van der Waals surface area contributed by atoms with Crippen LogP contribution in [0.3, 0.4) is 0 Å². The van der Waals surface area contributed by atoms with E-state index in [1.54, 1.807) is 18.2 Å². The second-order valence-corrected chi connectivity index (χ2v) is 6.94. The van der Waals surface area contributed by atoms with Crippen LogP contribution in [-0.4, -0.2) is 16.2 Å². The Balaban J connectivity index is 1.87. The molecule has 0 unspecified atom stereocenters. The molecule has 24 heavy (non-hydrogen) atoms. The number of thiocarbonyl (C=S) groups is 1. The number of carbonyl (C=O) groups is 2. The Morgan fingerprint density at radius 1 is 1.12 bits per heavy atom. The monoisotopic (exact) mass is 354 g/mol. The maximum Gasteiger partial charge on any atom is 0.270 e. The summed E-state index contributed by atoms with van der Waals surface area (Å²) in [6.07, 6.45) is 1.70. The van der Waals surface area contributed by atoms with E-state index in [1.807, 2.05) is 31.2 Å². The first-order valence-corrected chi connectivity index (χ1v) is 8.34. The lowest BCUT2D eigenvalue weighted by Gasteiger charge is -2.14. The molecule has 0 aromatic heterocycles. The van der Waals surface area contributed by atoms with E-state index in [4.69, 9.17) is 12.2 Å². The predicted molar refractivity (Wildman–Crippen MR) is 97.6 cm³/mol. The maximum absolute atomic E-state index is 12.6. The summed E-state index contributed by atoms with van der Waals surface area (Å²) in [6.45, 7) is 1.98. The van der Waals surface area contributed by atoms with Crippen LogP contribution in [0.4, 0.5) is 5.69 Å². The second-order valence-electron chi connectivity index (χ2n) is 5.26. The summed E-state index contributed by atoms with van der Waals surface area (Å²) in [6, 6.07) is 13.7. The smallest absolute Gasteiger partial charge is 0.270 e. The minimum Gasteiger partial charge on any atom is -0.545 e. The number of carboxylic acid groups (broad SMARTS) is 1. The third kappa shape index (κ3) is 3.25. The predicted octanol–water partition coefficient (Wildman–Crippen LogP) is 2.76. The van der Waals surface area contributed by atoms with Crippen LogP contribution < -0.4 is 10.0 Å². The molecule has 0 N–H and O–H groups in total. The summed E-state index contributed by atoms with van der Waals surface area (Å²) in [5.41, 5.74) is 2.66. The normalized spacial score (nSPS) is 16.0. The first-order chi connectivity index (χ1) is 11.5. The molecule has 0 bridgehead atoms. The zero-order chi connectivity index (χ0) is 17.3. The van der Waals surface area contributed by atoms with E-state index >= 15 is 0 Å². The lowest BCUT2D eigenvalue weighted by atomic mass is 10.1. The fourth-order valence-electron chi connectivity index (χ4n) is 2.25. The molecule has 4 nitrogen and oxygen atoms in total. The molecule has 1 amide bonds. The molecule has 2 aromatic carbocycles. The van der Waals surface area contributed by atoms with E-state index in [2.05, 4.69) is 0 Å². The van der Waals surface area contributed by atoms with E-state index < -0.39 is 5.97 Å². The highest BCUT2D eigenvalue weighted by atomic mass is 32.2. The Morgan fingerprint density at radius 2 is 1.75 bits per heavy atom. The lowest BCUT2D eigenvalue weighted by Crippen LogP contribution is -2.27. The van der Waals surface area contributed by atoms with Gasteiger partial charge in [-0.15, -0.1) is 0 Å². The van der Waals surface area contributed by atoms with E-state index in [0.717, 1.165) is 16.8 Å². The van der Waals surface area contributed by atoms with Crippen molar-refractivity contribution < 1.29 is 14.7 Å². The fourth-order valence-corrected chi connectivity index (χ4v) is 3.55. The number of hydrogen-bond donors (Lipinski definition) is 0. The van der Waals surface area contributed by atoms with Gasteiger partial charge in [0.2, 0.25) is 0 Å². The van der Waals surface area contributed by atoms with E-state index in [9.17, 15) is 14.7 Å². The van der Waals surface area contributed by atoms with Crippen molar-refractivity contribution in [2.24, 2.45) is 0 Å². The van der Waals surface area contributed by atoms with Crippen LogP contribution in [0.5, 0.6) is 0 Å². The highest BCUT2D eigenvalue weighted by molar-refractivity contribution is 8.27. The molecule has 3 rings (SSSR count). The first-order valence-electron chi connectivity index (χ1n) is 7.12. The Morgan fingerprint density at radius 3 is 2.33 bits per heavy atom. The first kappa shape index (κ1) is 16.4. The fraction of sp³-hybridized carbons (Fsp3) is 0.0556. The van der Waals surface area contributed by atoms with E-state index in [1.165, 1.54) is 28.8 Å². The minimum absolute atomic E-state index is 0.0966. The molecule has 1 fully saturated rings. The number of amides is 1. The number of aromatic carboxylic acids is 1. The Bertz CT molecular complexity index is 855. The molecule has 0 saturated carbocycles. The third-order valence-electron chi connectivity index (χ3n) is 3.53. The number of nitrogens with zero attached hydrogens (tertiary/aromatic N) is 1. The number of benzene rings is 2. The largest absolute Gasteiger partial charge is 0.545 e. The number of thioether (sulfide) groups is 1. The van der Waals surface area contributed by atoms with Crippen LogP contribution in [0, 0.1) is 6.92 Å². The molecule has 0 spiro atoms. The Hall–Kier alpha value is -2.44. The highest BCUT2D eigenvalue weighted by Crippen LogP contribution is 2.36. The molecule has 1 aliphatic rings. The summed E-state index contributed by atoms with van der Waals surface area (Å²) in [4.78, 5) is 25.4. The molecule has 0 atom stereocenters. The molecular formula is C18H12NO3S2-. The number of carboxylic acids is 1. The number of anilines is 1. The van der Waals surface area contributed by atoms with Crippen LogP contribution in [0.15, 0.2) is 53.4 Å². The van der Waals surface area contributed by atoms with Gasteiger partial charge in [0.1, 0.15) is 0 Å². The SMILES string of the molecule is Cc1ccc(N2C(=O)/C(=C/c3ccc(C(=O)[O-])cc3)SC2=S)cc1. The van der Waals surface area contributed by atoms with Gasteiger partial charge in [-0.1, -0.05) is 65.9 Å². The van der Waals surface area contributed by atoms with E-state index in [-0.39, 0.29) is 11.5 Å². The van der Waals surface area contributed by atoms with Gasteiger partial charge in [-0.3, -0.25) is 9.69 Å². The van der Waals surface area contributed by atoms with Gasteiger partial charge in [0, 0.05) is 0 Å². The summed E-state index contributed by atoms with van der Waals surface area (Å²) in [7, 11) is 0. The standard InChI is InChI=1S/C18H13NO3S2/c1-11-2-8-14(9-3-11)19-16(20)15(24-18(19)23)10-12-4-6-13(7-5-12)17(21)22/h2-10H,1H3,(H,21,22)/p-1/b15-10-. The minimum atomic E-state index is -1.23. The van der Waals surface area contributed by atoms with Crippen molar-refractivity contribution in [3.63, 3.8) is 0 Å². The van der Waals surface area contributed by atoms with Crippen LogP contribution in [0.25, 0.3) is 6.08 Å². The molecule has 6 heteroatoms. The van der Waals surface area contributed by atoms with Gasteiger partial charge in [-0.25, -0.2) is 0 Å². The molecule has 1 aliphatic heterocycles. The van der Waals surface area contributed by atoms with Crippen molar-refractivity contribution in [2.45, 2.75) is 6.92 Å². The summed E-state index contributed by atoms with van der Waals surface area (Å²) in [5, 5.41) is 10.8.